The van der Waals surface area contributed by atoms with Crippen molar-refractivity contribution in [2.45, 2.75) is 51.2 Å². The Morgan fingerprint density at radius 3 is 2.55 bits per heavy atom. The highest BCUT2D eigenvalue weighted by Gasteiger charge is 2.39. The van der Waals surface area contributed by atoms with Crippen LogP contribution in [0.25, 0.3) is 0 Å². The lowest BCUT2D eigenvalue weighted by molar-refractivity contribution is -0.155. The molecule has 20 heavy (non-hydrogen) atoms. The quantitative estimate of drug-likeness (QED) is 0.818. The first-order valence-corrected chi connectivity index (χ1v) is 7.22. The van der Waals surface area contributed by atoms with Gasteiger partial charge in [-0.25, -0.2) is 0 Å². The highest BCUT2D eigenvalue weighted by Crippen LogP contribution is 2.35. The zero-order valence-electron chi connectivity index (χ0n) is 11.9. The van der Waals surface area contributed by atoms with Crippen LogP contribution in [0.5, 0.6) is 0 Å². The standard InChI is InChI=1S/C14H23F3N2O/c1-2-3-11-4-5-12(9-18)13(8-11)19(6-7-20)10-14(15,16)17/h11-13,20H,2-8,10H2,1H3. The van der Waals surface area contributed by atoms with Crippen molar-refractivity contribution in [1.82, 2.24) is 4.90 Å². The maximum atomic E-state index is 12.7. The van der Waals surface area contributed by atoms with Crippen molar-refractivity contribution < 1.29 is 18.3 Å². The van der Waals surface area contributed by atoms with Gasteiger partial charge in [0, 0.05) is 12.6 Å². The van der Waals surface area contributed by atoms with Crippen LogP contribution in [0.15, 0.2) is 0 Å². The summed E-state index contributed by atoms with van der Waals surface area (Å²) in [6.07, 6.45) is -0.0936. The van der Waals surface area contributed by atoms with Crippen molar-refractivity contribution in [2.24, 2.45) is 11.8 Å². The Bertz CT molecular complexity index is 327. The van der Waals surface area contributed by atoms with Gasteiger partial charge in [0.1, 0.15) is 0 Å². The van der Waals surface area contributed by atoms with Crippen LogP contribution in [0.2, 0.25) is 0 Å². The summed E-state index contributed by atoms with van der Waals surface area (Å²) in [6.45, 7) is 0.673. The Balaban J connectivity index is 2.79. The normalized spacial score (nSPS) is 27.6. The van der Waals surface area contributed by atoms with Gasteiger partial charge in [-0.15, -0.1) is 0 Å². The third-order valence-electron chi connectivity index (χ3n) is 4.03. The molecule has 0 aromatic heterocycles. The van der Waals surface area contributed by atoms with Crippen LogP contribution < -0.4 is 0 Å². The second-order valence-corrected chi connectivity index (χ2v) is 5.58. The van der Waals surface area contributed by atoms with Crippen LogP contribution in [0, 0.1) is 23.2 Å². The minimum Gasteiger partial charge on any atom is -0.395 e. The summed E-state index contributed by atoms with van der Waals surface area (Å²) in [5, 5.41) is 18.2. The van der Waals surface area contributed by atoms with E-state index in [1.54, 1.807) is 0 Å². The number of halogens is 3. The van der Waals surface area contributed by atoms with Crippen molar-refractivity contribution >= 4 is 0 Å². The Kier molecular flexibility index (Phi) is 6.77. The molecular weight excluding hydrogens is 269 g/mol. The molecule has 0 spiro atoms. The van der Waals surface area contributed by atoms with Gasteiger partial charge in [-0.1, -0.05) is 19.8 Å². The molecule has 3 unspecified atom stereocenters. The number of nitrogens with zero attached hydrogens (tertiary/aromatic N) is 2. The molecule has 1 saturated carbocycles. The number of aliphatic hydroxyl groups is 1. The maximum Gasteiger partial charge on any atom is 0.401 e. The second kappa shape index (κ2) is 7.84. The average molecular weight is 292 g/mol. The smallest absolute Gasteiger partial charge is 0.395 e. The lowest BCUT2D eigenvalue weighted by Crippen LogP contribution is -2.49. The SMILES string of the molecule is CCCC1CCC(C#N)C(N(CCO)CC(F)(F)F)C1. The molecule has 1 N–H and O–H groups in total. The van der Waals surface area contributed by atoms with Crippen molar-refractivity contribution in [3.63, 3.8) is 0 Å². The van der Waals surface area contributed by atoms with E-state index >= 15 is 0 Å². The number of rotatable bonds is 6. The van der Waals surface area contributed by atoms with Gasteiger partial charge < -0.3 is 5.11 Å². The molecule has 0 amide bonds. The summed E-state index contributed by atoms with van der Waals surface area (Å²) in [5.41, 5.74) is 0. The topological polar surface area (TPSA) is 47.3 Å². The number of aliphatic hydroxyl groups excluding tert-OH is 1. The van der Waals surface area contributed by atoms with E-state index in [-0.39, 0.29) is 25.1 Å². The molecule has 0 bridgehead atoms. The number of hydrogen-bond donors (Lipinski definition) is 1. The van der Waals surface area contributed by atoms with Gasteiger partial charge in [-0.05, 0) is 25.2 Å². The van der Waals surface area contributed by atoms with Crippen LogP contribution in [-0.4, -0.2) is 41.9 Å². The number of alkyl halides is 3. The van der Waals surface area contributed by atoms with Crippen LogP contribution in [0.4, 0.5) is 13.2 Å². The van der Waals surface area contributed by atoms with E-state index in [0.717, 1.165) is 19.3 Å². The molecule has 1 rings (SSSR count). The highest BCUT2D eigenvalue weighted by atomic mass is 19.4. The summed E-state index contributed by atoms with van der Waals surface area (Å²) < 4.78 is 38.0. The number of nitriles is 1. The molecule has 0 heterocycles. The van der Waals surface area contributed by atoms with E-state index in [0.29, 0.717) is 18.8 Å². The molecule has 116 valence electrons. The van der Waals surface area contributed by atoms with Crippen LogP contribution in [0.3, 0.4) is 0 Å². The molecule has 3 nitrogen and oxygen atoms in total. The molecule has 1 fully saturated rings. The third kappa shape index (κ3) is 5.29. The van der Waals surface area contributed by atoms with E-state index in [4.69, 9.17) is 5.11 Å². The Morgan fingerprint density at radius 1 is 1.35 bits per heavy atom. The van der Waals surface area contributed by atoms with Gasteiger partial charge in [0.25, 0.3) is 0 Å². The molecule has 0 aromatic rings. The van der Waals surface area contributed by atoms with E-state index in [2.05, 4.69) is 13.0 Å². The monoisotopic (exact) mass is 292 g/mol. The highest BCUT2D eigenvalue weighted by molar-refractivity contribution is 4.98. The predicted molar refractivity (Wildman–Crippen MR) is 69.9 cm³/mol. The Hall–Kier alpha value is -0.800. The first-order chi connectivity index (χ1) is 9.41. The molecule has 0 aliphatic heterocycles. The fraction of sp³-hybridized carbons (Fsp3) is 0.929. The molecule has 0 saturated heterocycles. The number of hydrogen-bond acceptors (Lipinski definition) is 3. The zero-order valence-corrected chi connectivity index (χ0v) is 11.9. The molecule has 1 aliphatic carbocycles. The fourth-order valence-corrected chi connectivity index (χ4v) is 3.18. The van der Waals surface area contributed by atoms with Crippen LogP contribution in [0.1, 0.15) is 39.0 Å². The largest absolute Gasteiger partial charge is 0.401 e. The first-order valence-electron chi connectivity index (χ1n) is 7.22. The van der Waals surface area contributed by atoms with Gasteiger partial charge in [-0.2, -0.15) is 18.4 Å². The fourth-order valence-electron chi connectivity index (χ4n) is 3.18. The predicted octanol–water partition coefficient (Wildman–Crippen LogP) is 2.95. The summed E-state index contributed by atoms with van der Waals surface area (Å²) in [6, 6.07) is 1.76. The summed E-state index contributed by atoms with van der Waals surface area (Å²) >= 11 is 0. The van der Waals surface area contributed by atoms with Crippen molar-refractivity contribution in [3.8, 4) is 6.07 Å². The molecule has 6 heteroatoms. The average Bonchev–Trinajstić information content (AvgIpc) is 2.37. The Morgan fingerprint density at radius 2 is 2.05 bits per heavy atom. The van der Waals surface area contributed by atoms with Crippen molar-refractivity contribution in [3.05, 3.63) is 0 Å². The third-order valence-corrected chi connectivity index (χ3v) is 4.03. The molecule has 3 atom stereocenters. The van der Waals surface area contributed by atoms with Crippen LogP contribution >= 0.6 is 0 Å². The maximum absolute atomic E-state index is 12.7. The van der Waals surface area contributed by atoms with E-state index < -0.39 is 12.7 Å². The lowest BCUT2D eigenvalue weighted by Gasteiger charge is -2.40. The minimum absolute atomic E-state index is 0.0266. The van der Waals surface area contributed by atoms with Gasteiger partial charge in [0.15, 0.2) is 0 Å². The molecule has 0 aromatic carbocycles. The molecule has 1 aliphatic rings. The summed E-state index contributed by atoms with van der Waals surface area (Å²) in [5.74, 6) is 0.0287. The second-order valence-electron chi connectivity index (χ2n) is 5.58. The first kappa shape index (κ1) is 17.3. The zero-order chi connectivity index (χ0) is 15.2. The van der Waals surface area contributed by atoms with Gasteiger partial charge in [0.2, 0.25) is 0 Å². The van der Waals surface area contributed by atoms with Crippen molar-refractivity contribution in [2.75, 3.05) is 19.7 Å². The van der Waals surface area contributed by atoms with Crippen molar-refractivity contribution in [1.29, 1.82) is 5.26 Å². The summed E-state index contributed by atoms with van der Waals surface area (Å²) in [4.78, 5) is 1.25. The molecular formula is C14H23F3N2O. The molecule has 0 radical (unpaired) electrons. The minimum atomic E-state index is -4.30. The Labute approximate surface area is 118 Å². The van der Waals surface area contributed by atoms with Gasteiger partial charge in [-0.3, -0.25) is 4.90 Å². The van der Waals surface area contributed by atoms with Gasteiger partial charge >= 0.3 is 6.18 Å². The van der Waals surface area contributed by atoms with E-state index in [1.807, 2.05) is 0 Å². The lowest BCUT2D eigenvalue weighted by atomic mass is 9.76. The van der Waals surface area contributed by atoms with Gasteiger partial charge in [0.05, 0.1) is 25.1 Å². The van der Waals surface area contributed by atoms with Crippen LogP contribution in [-0.2, 0) is 0 Å². The van der Waals surface area contributed by atoms with E-state index in [1.165, 1.54) is 4.90 Å². The van der Waals surface area contributed by atoms with E-state index in [9.17, 15) is 18.4 Å². The summed E-state index contributed by atoms with van der Waals surface area (Å²) in [7, 11) is 0.